The van der Waals surface area contributed by atoms with E-state index in [0.717, 1.165) is 50.2 Å². The van der Waals surface area contributed by atoms with Crippen molar-refractivity contribution >= 4 is 33.8 Å². The summed E-state index contributed by atoms with van der Waals surface area (Å²) < 4.78 is 17.9. The quantitative estimate of drug-likeness (QED) is 0.503. The lowest BCUT2D eigenvalue weighted by Gasteiger charge is -2.30. The van der Waals surface area contributed by atoms with Gasteiger partial charge in [0.25, 0.3) is 5.91 Å². The number of rotatable bonds is 5. The molecule has 0 aliphatic carbocycles. The number of amides is 1. The van der Waals surface area contributed by atoms with Crippen LogP contribution < -0.4 is 15.5 Å². The van der Waals surface area contributed by atoms with Crippen LogP contribution in [0.1, 0.15) is 29.4 Å². The molecule has 5 rings (SSSR count). The first-order valence-corrected chi connectivity index (χ1v) is 11.0. The molecular formula is C23H26FN7O. The van der Waals surface area contributed by atoms with Crippen LogP contribution in [0.4, 0.5) is 15.8 Å². The predicted molar refractivity (Wildman–Crippen MR) is 123 cm³/mol. The molecule has 1 aliphatic rings. The lowest BCUT2D eigenvalue weighted by molar-refractivity contribution is 0.102. The number of imidazole rings is 1. The van der Waals surface area contributed by atoms with Gasteiger partial charge in [-0.15, -0.1) is 0 Å². The maximum absolute atomic E-state index is 14.5. The highest BCUT2D eigenvalue weighted by atomic mass is 19.1. The zero-order chi connectivity index (χ0) is 22.2. The number of pyridine rings is 1. The third-order valence-electron chi connectivity index (χ3n) is 5.74. The highest BCUT2D eigenvalue weighted by Crippen LogP contribution is 2.30. The minimum atomic E-state index is -0.484. The van der Waals surface area contributed by atoms with Crippen LogP contribution in [0.15, 0.2) is 36.8 Å². The van der Waals surface area contributed by atoms with Gasteiger partial charge >= 0.3 is 0 Å². The summed E-state index contributed by atoms with van der Waals surface area (Å²) in [5.74, 6) is -0.804. The van der Waals surface area contributed by atoms with Crippen molar-refractivity contribution in [2.75, 3.05) is 36.4 Å². The highest BCUT2D eigenvalue weighted by Gasteiger charge is 2.21. The summed E-state index contributed by atoms with van der Waals surface area (Å²) in [5, 5.41) is 11.9. The van der Waals surface area contributed by atoms with E-state index in [0.29, 0.717) is 22.5 Å². The van der Waals surface area contributed by atoms with Crippen LogP contribution in [0.5, 0.6) is 0 Å². The zero-order valence-corrected chi connectivity index (χ0v) is 18.2. The van der Waals surface area contributed by atoms with Crippen LogP contribution in [-0.4, -0.2) is 51.3 Å². The van der Waals surface area contributed by atoms with Gasteiger partial charge < -0.3 is 19.9 Å². The average Bonchev–Trinajstić information content (AvgIpc) is 3.37. The lowest BCUT2D eigenvalue weighted by Crippen LogP contribution is -2.43. The monoisotopic (exact) mass is 435 g/mol. The number of fused-ring (bicyclic) bond motifs is 2. The van der Waals surface area contributed by atoms with E-state index in [2.05, 4.69) is 27.4 Å². The van der Waals surface area contributed by atoms with Gasteiger partial charge in [-0.25, -0.2) is 9.37 Å². The van der Waals surface area contributed by atoms with Crippen molar-refractivity contribution < 1.29 is 9.18 Å². The Bertz CT molecular complexity index is 1300. The molecule has 4 aromatic rings. The topological polar surface area (TPSA) is 79.5 Å². The van der Waals surface area contributed by atoms with Gasteiger partial charge in [0.05, 0.1) is 16.9 Å². The second-order valence-corrected chi connectivity index (χ2v) is 8.17. The van der Waals surface area contributed by atoms with E-state index >= 15 is 0 Å². The summed E-state index contributed by atoms with van der Waals surface area (Å²) >= 11 is 0. The van der Waals surface area contributed by atoms with Crippen molar-refractivity contribution in [2.24, 2.45) is 0 Å². The Kier molecular flexibility index (Phi) is 5.26. The number of carbonyl (C=O) groups excluding carboxylic acids is 1. The minimum absolute atomic E-state index is 0.238. The molecule has 1 aromatic carbocycles. The first kappa shape index (κ1) is 20.4. The molecule has 0 radical (unpaired) electrons. The van der Waals surface area contributed by atoms with Crippen LogP contribution in [0, 0.1) is 12.7 Å². The van der Waals surface area contributed by atoms with Crippen molar-refractivity contribution in [2.45, 2.75) is 26.8 Å². The standard InChI is InChI=1S/C23H26FN7O/c1-3-8-31-14-18-20(29-9-6-25-7-10-29)5-4-17(21(18)28-31)23(32)27-16-11-19(24)22-26-15(2)12-30(22)13-16/h4-5,11-14,25H,3,6-10H2,1-2H3,(H,27,32). The molecule has 1 fully saturated rings. The maximum atomic E-state index is 14.5. The van der Waals surface area contributed by atoms with Crippen LogP contribution in [0.2, 0.25) is 0 Å². The maximum Gasteiger partial charge on any atom is 0.257 e. The molecular weight excluding hydrogens is 409 g/mol. The molecule has 0 bridgehead atoms. The number of piperazine rings is 1. The smallest absolute Gasteiger partial charge is 0.257 e. The van der Waals surface area contributed by atoms with E-state index in [-0.39, 0.29) is 11.6 Å². The van der Waals surface area contributed by atoms with Crippen molar-refractivity contribution in [3.63, 3.8) is 0 Å². The Labute approximate surface area is 185 Å². The number of nitrogens with one attached hydrogen (secondary N) is 2. The first-order valence-electron chi connectivity index (χ1n) is 11.0. The number of halogens is 1. The molecule has 4 heterocycles. The Balaban J connectivity index is 1.52. The lowest BCUT2D eigenvalue weighted by atomic mass is 10.1. The summed E-state index contributed by atoms with van der Waals surface area (Å²) in [6, 6.07) is 5.10. The van der Waals surface area contributed by atoms with Crippen LogP contribution in [-0.2, 0) is 6.54 Å². The van der Waals surface area contributed by atoms with Gasteiger partial charge in [0.1, 0.15) is 5.52 Å². The van der Waals surface area contributed by atoms with Gasteiger partial charge in [-0.3, -0.25) is 9.48 Å². The minimum Gasteiger partial charge on any atom is -0.368 e. The highest BCUT2D eigenvalue weighted by molar-refractivity contribution is 6.13. The van der Waals surface area contributed by atoms with Gasteiger partial charge in [-0.1, -0.05) is 6.92 Å². The molecule has 1 saturated heterocycles. The van der Waals surface area contributed by atoms with E-state index in [1.807, 2.05) is 23.0 Å². The Morgan fingerprint density at radius 1 is 1.22 bits per heavy atom. The molecule has 1 amide bonds. The third-order valence-corrected chi connectivity index (χ3v) is 5.74. The molecule has 2 N–H and O–H groups in total. The van der Waals surface area contributed by atoms with E-state index < -0.39 is 5.82 Å². The SMILES string of the molecule is CCCn1cc2c(N3CCNCC3)ccc(C(=O)Nc3cc(F)c4nc(C)cn4c3)c2n1. The van der Waals surface area contributed by atoms with Crippen LogP contribution >= 0.6 is 0 Å². The second-order valence-electron chi connectivity index (χ2n) is 8.17. The molecule has 166 valence electrons. The number of hydrogen-bond donors (Lipinski definition) is 2. The molecule has 0 spiro atoms. The van der Waals surface area contributed by atoms with Crippen molar-refractivity contribution in [1.29, 1.82) is 0 Å². The second kappa shape index (κ2) is 8.23. The first-order chi connectivity index (χ1) is 15.5. The fraction of sp³-hybridized carbons (Fsp3) is 0.348. The number of nitrogens with zero attached hydrogens (tertiary/aromatic N) is 5. The summed E-state index contributed by atoms with van der Waals surface area (Å²) in [6.45, 7) is 8.34. The number of hydrogen-bond acceptors (Lipinski definition) is 5. The molecule has 3 aromatic heterocycles. The van der Waals surface area contributed by atoms with E-state index in [9.17, 15) is 9.18 Å². The molecule has 1 aliphatic heterocycles. The molecule has 0 saturated carbocycles. The largest absolute Gasteiger partial charge is 0.368 e. The number of anilines is 2. The summed E-state index contributed by atoms with van der Waals surface area (Å²) in [4.78, 5) is 19.7. The van der Waals surface area contributed by atoms with Gasteiger partial charge in [0.2, 0.25) is 0 Å². The zero-order valence-electron chi connectivity index (χ0n) is 18.2. The number of aryl methyl sites for hydroxylation is 2. The Morgan fingerprint density at radius 2 is 2.03 bits per heavy atom. The van der Waals surface area contributed by atoms with E-state index in [1.165, 1.54) is 6.07 Å². The molecule has 0 unspecified atom stereocenters. The van der Waals surface area contributed by atoms with E-state index in [4.69, 9.17) is 5.10 Å². The molecule has 9 heteroatoms. The van der Waals surface area contributed by atoms with Crippen molar-refractivity contribution in [3.05, 3.63) is 53.9 Å². The molecule has 0 atom stereocenters. The fourth-order valence-electron chi connectivity index (χ4n) is 4.29. The van der Waals surface area contributed by atoms with Gasteiger partial charge in [-0.2, -0.15) is 5.10 Å². The Morgan fingerprint density at radius 3 is 2.81 bits per heavy atom. The van der Waals surface area contributed by atoms with Crippen molar-refractivity contribution in [1.82, 2.24) is 24.5 Å². The Hall–Kier alpha value is -3.46. The number of benzene rings is 1. The summed E-state index contributed by atoms with van der Waals surface area (Å²) in [7, 11) is 0. The molecule has 32 heavy (non-hydrogen) atoms. The average molecular weight is 436 g/mol. The fourth-order valence-corrected chi connectivity index (χ4v) is 4.29. The van der Waals surface area contributed by atoms with Gasteiger partial charge in [-0.05, 0) is 25.5 Å². The number of aromatic nitrogens is 4. The van der Waals surface area contributed by atoms with Crippen LogP contribution in [0.3, 0.4) is 0 Å². The van der Waals surface area contributed by atoms with Gasteiger partial charge in [0.15, 0.2) is 11.5 Å². The normalized spacial score (nSPS) is 14.4. The predicted octanol–water partition coefficient (Wildman–Crippen LogP) is 3.20. The summed E-state index contributed by atoms with van der Waals surface area (Å²) in [5.41, 5.74) is 3.52. The third kappa shape index (κ3) is 3.69. The summed E-state index contributed by atoms with van der Waals surface area (Å²) in [6.07, 6.45) is 6.36. The van der Waals surface area contributed by atoms with Crippen LogP contribution in [0.25, 0.3) is 16.6 Å². The van der Waals surface area contributed by atoms with Crippen molar-refractivity contribution in [3.8, 4) is 0 Å². The molecule has 8 nitrogen and oxygen atoms in total. The van der Waals surface area contributed by atoms with E-state index in [1.54, 1.807) is 23.7 Å². The number of carbonyl (C=O) groups is 1. The van der Waals surface area contributed by atoms with Gasteiger partial charge in [0, 0.05) is 68.5 Å².